The van der Waals surface area contributed by atoms with Crippen LogP contribution < -0.4 is 0 Å². The first-order valence-corrected chi connectivity index (χ1v) is 7.04. The Bertz CT molecular complexity index is 588. The van der Waals surface area contributed by atoms with Gasteiger partial charge in [-0.2, -0.15) is 0 Å². The van der Waals surface area contributed by atoms with Gasteiger partial charge in [-0.3, -0.25) is 10.1 Å². The van der Waals surface area contributed by atoms with E-state index >= 15 is 0 Å². The molecule has 0 spiro atoms. The highest BCUT2D eigenvalue weighted by molar-refractivity contribution is 8.13. The molecule has 0 saturated carbocycles. The highest BCUT2D eigenvalue weighted by Gasteiger charge is 2.32. The van der Waals surface area contributed by atoms with Gasteiger partial charge < -0.3 is 0 Å². The lowest BCUT2D eigenvalue weighted by Crippen LogP contribution is -2.07. The predicted octanol–water partition coefficient (Wildman–Crippen LogP) is 3.02. The molecule has 0 N–H and O–H groups in total. The van der Waals surface area contributed by atoms with Crippen molar-refractivity contribution in [3.63, 3.8) is 0 Å². The van der Waals surface area contributed by atoms with Gasteiger partial charge in [0.1, 0.15) is 10.5 Å². The third-order valence-corrected chi connectivity index (χ3v) is 3.73. The largest absolute Gasteiger partial charge is 0.279 e. The van der Waals surface area contributed by atoms with E-state index in [9.17, 15) is 27.3 Å². The van der Waals surface area contributed by atoms with Crippen LogP contribution in [0.25, 0.3) is 0 Å². The van der Waals surface area contributed by atoms with E-state index in [1.807, 2.05) is 0 Å². The molecule has 0 amide bonds. The van der Waals surface area contributed by atoms with Crippen molar-refractivity contribution in [2.24, 2.45) is 0 Å². The minimum Gasteiger partial charge on any atom is -0.258 e. The molecule has 0 radical (unpaired) electrons. The van der Waals surface area contributed by atoms with Crippen molar-refractivity contribution in [1.29, 1.82) is 0 Å². The van der Waals surface area contributed by atoms with E-state index in [-0.39, 0.29) is 12.0 Å². The van der Waals surface area contributed by atoms with Gasteiger partial charge in [0.05, 0.1) is 4.92 Å². The van der Waals surface area contributed by atoms with Crippen LogP contribution in [0.5, 0.6) is 0 Å². The van der Waals surface area contributed by atoms with E-state index < -0.39 is 36.5 Å². The fraction of sp³-hybridized carbons (Fsp3) is 0.333. The van der Waals surface area contributed by atoms with E-state index in [0.29, 0.717) is 0 Å². The summed E-state index contributed by atoms with van der Waals surface area (Å²) >= 11 is 0. The van der Waals surface area contributed by atoms with Crippen LogP contribution in [0.1, 0.15) is 24.5 Å². The lowest BCUT2D eigenvalue weighted by atomic mass is 10.1. The summed E-state index contributed by atoms with van der Waals surface area (Å²) in [7, 11) is 0.595. The summed E-state index contributed by atoms with van der Waals surface area (Å²) in [6.07, 6.45) is -3.20. The minimum atomic E-state index is -4.49. The van der Waals surface area contributed by atoms with E-state index in [1.54, 1.807) is 0 Å². The summed E-state index contributed by atoms with van der Waals surface area (Å²) < 4.78 is 48.4. The van der Waals surface area contributed by atoms with E-state index in [4.69, 9.17) is 10.7 Å². The average Bonchev–Trinajstić information content (AvgIpc) is 2.25. The molecule has 1 aromatic rings. The third kappa shape index (κ3) is 2.75. The van der Waals surface area contributed by atoms with Crippen molar-refractivity contribution in [3.8, 4) is 0 Å². The molecule has 1 aromatic carbocycles. The molecule has 5 nitrogen and oxygen atoms in total. The number of nitro groups is 1. The zero-order chi connectivity index (χ0) is 14.1. The molecule has 0 atom stereocenters. The summed E-state index contributed by atoms with van der Waals surface area (Å²) in [5.74, 6) is 0. The van der Waals surface area contributed by atoms with Gasteiger partial charge in [-0.05, 0) is 12.0 Å². The Kier molecular flexibility index (Phi) is 4.23. The van der Waals surface area contributed by atoms with Gasteiger partial charge in [-0.25, -0.2) is 17.2 Å². The maximum Gasteiger partial charge on any atom is 0.279 e. The molecule has 0 bridgehead atoms. The molecular formula is C9H8ClF2NO4S. The van der Waals surface area contributed by atoms with E-state index in [1.165, 1.54) is 6.92 Å². The summed E-state index contributed by atoms with van der Waals surface area (Å²) in [5.41, 5.74) is -2.10. The van der Waals surface area contributed by atoms with Crippen molar-refractivity contribution in [2.75, 3.05) is 0 Å². The second-order valence-corrected chi connectivity index (χ2v) is 5.84. The number of alkyl halides is 2. The third-order valence-electron chi connectivity index (χ3n) is 2.29. The van der Waals surface area contributed by atoms with Crippen LogP contribution in [0.2, 0.25) is 0 Å². The number of benzene rings is 1. The molecule has 0 aromatic heterocycles. The van der Waals surface area contributed by atoms with Gasteiger partial charge in [0.2, 0.25) is 0 Å². The number of hydrogen-bond acceptors (Lipinski definition) is 4. The molecule has 9 heteroatoms. The number of hydrogen-bond donors (Lipinski definition) is 0. The van der Waals surface area contributed by atoms with Crippen LogP contribution >= 0.6 is 10.7 Å². The SMILES string of the molecule is CCc1ccc([N+](=O)[O-])c(C(F)F)c1S(=O)(=O)Cl. The number of halogens is 3. The van der Waals surface area contributed by atoms with Crippen LogP contribution in [0, 0.1) is 10.1 Å². The first-order valence-electron chi connectivity index (χ1n) is 4.73. The van der Waals surface area contributed by atoms with E-state index in [2.05, 4.69) is 0 Å². The van der Waals surface area contributed by atoms with Crippen molar-refractivity contribution in [2.45, 2.75) is 24.7 Å². The zero-order valence-corrected chi connectivity index (χ0v) is 10.6. The van der Waals surface area contributed by atoms with Crippen LogP contribution in [0.4, 0.5) is 14.5 Å². The molecule has 1 rings (SSSR count). The Morgan fingerprint density at radius 3 is 2.33 bits per heavy atom. The highest BCUT2D eigenvalue weighted by atomic mass is 35.7. The standard InChI is InChI=1S/C9H8ClF2NO4S/c1-2-5-3-4-6(13(14)15)7(9(11)12)8(5)18(10,16)17/h3-4,9H,2H2,1H3. The molecule has 0 aliphatic rings. The Labute approximate surface area is 106 Å². The molecule has 0 saturated heterocycles. The maximum absolute atomic E-state index is 12.9. The molecule has 100 valence electrons. The molecule has 18 heavy (non-hydrogen) atoms. The van der Waals surface area contributed by atoms with Gasteiger partial charge in [0, 0.05) is 16.7 Å². The van der Waals surface area contributed by atoms with Crippen molar-refractivity contribution < 1.29 is 22.1 Å². The predicted molar refractivity (Wildman–Crippen MR) is 60.5 cm³/mol. The van der Waals surface area contributed by atoms with Crippen LogP contribution in [-0.2, 0) is 15.5 Å². The number of rotatable bonds is 4. The van der Waals surface area contributed by atoms with Crippen LogP contribution in [0.15, 0.2) is 17.0 Å². The lowest BCUT2D eigenvalue weighted by molar-refractivity contribution is -0.386. The lowest BCUT2D eigenvalue weighted by Gasteiger charge is -2.10. The van der Waals surface area contributed by atoms with Crippen molar-refractivity contribution in [1.82, 2.24) is 0 Å². The molecule has 0 unspecified atom stereocenters. The Morgan fingerprint density at radius 2 is 2.00 bits per heavy atom. The summed E-state index contributed by atoms with van der Waals surface area (Å²) in [4.78, 5) is 8.71. The average molecular weight is 300 g/mol. The van der Waals surface area contributed by atoms with Gasteiger partial charge in [0.25, 0.3) is 21.2 Å². The Morgan fingerprint density at radius 1 is 1.44 bits per heavy atom. The van der Waals surface area contributed by atoms with Gasteiger partial charge in [-0.15, -0.1) is 0 Å². The normalized spacial score (nSPS) is 11.8. The highest BCUT2D eigenvalue weighted by Crippen LogP contribution is 2.38. The number of nitrogens with zero attached hydrogens (tertiary/aromatic N) is 1. The zero-order valence-electron chi connectivity index (χ0n) is 9.06. The Balaban J connectivity index is 3.82. The minimum absolute atomic E-state index is 0.0194. The molecule has 0 aliphatic heterocycles. The molecular weight excluding hydrogens is 292 g/mol. The van der Waals surface area contributed by atoms with Crippen LogP contribution in [-0.4, -0.2) is 13.3 Å². The van der Waals surface area contributed by atoms with E-state index in [0.717, 1.165) is 12.1 Å². The number of nitro benzene ring substituents is 1. The second-order valence-electron chi connectivity index (χ2n) is 3.34. The first kappa shape index (κ1) is 14.8. The smallest absolute Gasteiger partial charge is 0.258 e. The van der Waals surface area contributed by atoms with Gasteiger partial charge in [-0.1, -0.05) is 13.0 Å². The second kappa shape index (κ2) is 5.15. The first-order chi connectivity index (χ1) is 8.20. The molecule has 0 aliphatic carbocycles. The monoisotopic (exact) mass is 299 g/mol. The van der Waals surface area contributed by atoms with Crippen molar-refractivity contribution >= 4 is 25.4 Å². The molecule has 0 heterocycles. The molecule has 0 fully saturated rings. The maximum atomic E-state index is 12.9. The van der Waals surface area contributed by atoms with Crippen molar-refractivity contribution in [3.05, 3.63) is 33.4 Å². The fourth-order valence-corrected chi connectivity index (χ4v) is 3.10. The topological polar surface area (TPSA) is 77.3 Å². The van der Waals surface area contributed by atoms with Crippen LogP contribution in [0.3, 0.4) is 0 Å². The number of aryl methyl sites for hydroxylation is 1. The summed E-state index contributed by atoms with van der Waals surface area (Å²) in [5, 5.41) is 10.6. The van der Waals surface area contributed by atoms with Gasteiger partial charge in [0.15, 0.2) is 0 Å². The Hall–Kier alpha value is -1.28. The summed E-state index contributed by atoms with van der Waals surface area (Å²) in [6, 6.07) is 1.96. The fourth-order valence-electron chi connectivity index (χ4n) is 1.57. The summed E-state index contributed by atoms with van der Waals surface area (Å²) in [6.45, 7) is 1.53. The van der Waals surface area contributed by atoms with Gasteiger partial charge >= 0.3 is 0 Å². The quantitative estimate of drug-likeness (QED) is 0.486.